The molecule has 1 heterocycles. The van der Waals surface area contributed by atoms with Gasteiger partial charge in [-0.05, 0) is 74.0 Å². The fraction of sp³-hybridized carbons (Fsp3) is 0.400. The quantitative estimate of drug-likeness (QED) is 0.547. The Morgan fingerprint density at radius 3 is 2.63 bits per heavy atom. The summed E-state index contributed by atoms with van der Waals surface area (Å²) in [4.78, 5) is 7.43. The van der Waals surface area contributed by atoms with Crippen molar-refractivity contribution in [3.8, 4) is 11.1 Å². The zero-order valence-corrected chi connectivity index (χ0v) is 16.6. The molecule has 2 aromatic carbocycles. The second kappa shape index (κ2) is 8.22. The number of fused-ring (bicyclic) bond motifs is 2. The van der Waals surface area contributed by atoms with Crippen LogP contribution in [0.3, 0.4) is 0 Å². The summed E-state index contributed by atoms with van der Waals surface area (Å²) in [5.41, 5.74) is 6.78. The van der Waals surface area contributed by atoms with E-state index >= 15 is 0 Å². The van der Waals surface area contributed by atoms with Gasteiger partial charge in [0.05, 0.1) is 5.52 Å². The van der Waals surface area contributed by atoms with Gasteiger partial charge in [-0.25, -0.2) is 0 Å². The third-order valence-corrected chi connectivity index (χ3v) is 5.90. The fourth-order valence-corrected chi connectivity index (χ4v) is 4.62. The van der Waals surface area contributed by atoms with Crippen LogP contribution >= 0.6 is 0 Å². The Bertz CT molecular complexity index is 909. The Labute approximate surface area is 163 Å². The van der Waals surface area contributed by atoms with E-state index in [2.05, 4.69) is 73.5 Å². The van der Waals surface area contributed by atoms with Crippen LogP contribution in [0, 0.1) is 0 Å². The highest BCUT2D eigenvalue weighted by molar-refractivity contribution is 5.84. The Kier molecular flexibility index (Phi) is 5.54. The van der Waals surface area contributed by atoms with E-state index in [4.69, 9.17) is 4.98 Å². The Morgan fingerprint density at radius 2 is 1.81 bits per heavy atom. The standard InChI is InChI=1S/C25H30N2/c1-3-14-27(15-4-2)22-13-12-19-9-7-10-23(24(19)17-22)21-16-20-8-5-6-11-25(20)26-18-21/h5-11,16,18,22H,3-4,12-15,17H2,1-2H3. The van der Waals surface area contributed by atoms with Crippen molar-refractivity contribution in [1.29, 1.82) is 0 Å². The van der Waals surface area contributed by atoms with E-state index in [1.807, 2.05) is 0 Å². The molecule has 1 unspecified atom stereocenters. The molecule has 1 atom stereocenters. The maximum Gasteiger partial charge on any atom is 0.0702 e. The van der Waals surface area contributed by atoms with E-state index in [9.17, 15) is 0 Å². The lowest BCUT2D eigenvalue weighted by Crippen LogP contribution is -2.40. The first-order valence-electron chi connectivity index (χ1n) is 10.5. The molecule has 1 aliphatic carbocycles. The lowest BCUT2D eigenvalue weighted by atomic mass is 9.83. The third-order valence-electron chi connectivity index (χ3n) is 5.90. The number of hydrogen-bond donors (Lipinski definition) is 0. The molecule has 0 aliphatic heterocycles. The Morgan fingerprint density at radius 1 is 1.00 bits per heavy atom. The molecule has 0 bridgehead atoms. The van der Waals surface area contributed by atoms with Crippen LogP contribution in [0.4, 0.5) is 0 Å². The lowest BCUT2D eigenvalue weighted by molar-refractivity contribution is 0.180. The second-order valence-corrected chi connectivity index (χ2v) is 7.79. The summed E-state index contributed by atoms with van der Waals surface area (Å²) in [5, 5.41) is 1.22. The first kappa shape index (κ1) is 18.2. The van der Waals surface area contributed by atoms with Crippen molar-refractivity contribution in [2.24, 2.45) is 0 Å². The van der Waals surface area contributed by atoms with E-state index in [0.29, 0.717) is 6.04 Å². The van der Waals surface area contributed by atoms with Crippen LogP contribution in [0.1, 0.15) is 44.2 Å². The summed E-state index contributed by atoms with van der Waals surface area (Å²) in [6.07, 6.45) is 8.17. The highest BCUT2D eigenvalue weighted by Crippen LogP contribution is 2.34. The maximum absolute atomic E-state index is 4.71. The first-order chi connectivity index (χ1) is 13.3. The van der Waals surface area contributed by atoms with Crippen LogP contribution in [0.2, 0.25) is 0 Å². The highest BCUT2D eigenvalue weighted by atomic mass is 15.1. The molecule has 0 saturated heterocycles. The summed E-state index contributed by atoms with van der Waals surface area (Å²) in [7, 11) is 0. The van der Waals surface area contributed by atoms with Crippen molar-refractivity contribution in [1.82, 2.24) is 9.88 Å². The van der Waals surface area contributed by atoms with E-state index in [-0.39, 0.29) is 0 Å². The molecule has 1 aliphatic rings. The number of aryl methyl sites for hydroxylation is 1. The van der Waals surface area contributed by atoms with Gasteiger partial charge in [0.2, 0.25) is 0 Å². The smallest absolute Gasteiger partial charge is 0.0702 e. The van der Waals surface area contributed by atoms with Crippen LogP contribution in [0.25, 0.3) is 22.0 Å². The summed E-state index contributed by atoms with van der Waals surface area (Å²) in [6, 6.07) is 18.2. The molecule has 0 N–H and O–H groups in total. The summed E-state index contributed by atoms with van der Waals surface area (Å²) < 4.78 is 0. The lowest BCUT2D eigenvalue weighted by Gasteiger charge is -2.36. The SMILES string of the molecule is CCCN(CCC)C1CCc2cccc(-c3cnc4ccccc4c3)c2C1. The van der Waals surface area contributed by atoms with Gasteiger partial charge >= 0.3 is 0 Å². The minimum Gasteiger partial charge on any atom is -0.300 e. The van der Waals surface area contributed by atoms with Crippen molar-refractivity contribution in [3.63, 3.8) is 0 Å². The van der Waals surface area contributed by atoms with Gasteiger partial charge in [-0.1, -0.05) is 50.2 Å². The molecule has 0 saturated carbocycles. The van der Waals surface area contributed by atoms with Crippen LogP contribution in [-0.4, -0.2) is 29.0 Å². The van der Waals surface area contributed by atoms with E-state index < -0.39 is 0 Å². The monoisotopic (exact) mass is 358 g/mol. The molecule has 0 fully saturated rings. The number of hydrogen-bond acceptors (Lipinski definition) is 2. The van der Waals surface area contributed by atoms with E-state index in [1.165, 1.54) is 67.3 Å². The topological polar surface area (TPSA) is 16.1 Å². The van der Waals surface area contributed by atoms with E-state index in [0.717, 1.165) is 5.52 Å². The average Bonchev–Trinajstić information content (AvgIpc) is 2.72. The van der Waals surface area contributed by atoms with Crippen LogP contribution in [0.5, 0.6) is 0 Å². The van der Waals surface area contributed by atoms with Gasteiger partial charge in [-0.15, -0.1) is 0 Å². The predicted molar refractivity (Wildman–Crippen MR) is 115 cm³/mol. The molecule has 0 spiro atoms. The van der Waals surface area contributed by atoms with Crippen LogP contribution < -0.4 is 0 Å². The van der Waals surface area contributed by atoms with Crippen molar-refractivity contribution in [3.05, 3.63) is 65.9 Å². The Hall–Kier alpha value is -2.19. The van der Waals surface area contributed by atoms with Crippen LogP contribution in [0.15, 0.2) is 54.7 Å². The van der Waals surface area contributed by atoms with Crippen LogP contribution in [-0.2, 0) is 12.8 Å². The van der Waals surface area contributed by atoms with Crippen molar-refractivity contribution in [2.45, 2.75) is 52.0 Å². The first-order valence-corrected chi connectivity index (χ1v) is 10.5. The van der Waals surface area contributed by atoms with Gasteiger partial charge in [0.15, 0.2) is 0 Å². The molecule has 4 rings (SSSR count). The largest absolute Gasteiger partial charge is 0.300 e. The molecule has 1 aromatic heterocycles. The predicted octanol–water partition coefficient (Wildman–Crippen LogP) is 5.88. The minimum absolute atomic E-state index is 0.673. The third kappa shape index (κ3) is 3.77. The second-order valence-electron chi connectivity index (χ2n) is 7.79. The average molecular weight is 359 g/mol. The molecular weight excluding hydrogens is 328 g/mol. The van der Waals surface area contributed by atoms with Gasteiger partial charge in [0.1, 0.15) is 0 Å². The molecule has 2 nitrogen and oxygen atoms in total. The Balaban J connectivity index is 1.70. The normalized spacial score (nSPS) is 16.6. The molecule has 2 heteroatoms. The van der Waals surface area contributed by atoms with Gasteiger partial charge in [0, 0.05) is 23.2 Å². The molecule has 27 heavy (non-hydrogen) atoms. The zero-order valence-electron chi connectivity index (χ0n) is 16.6. The van der Waals surface area contributed by atoms with Gasteiger partial charge in [0.25, 0.3) is 0 Å². The van der Waals surface area contributed by atoms with Gasteiger partial charge < -0.3 is 4.90 Å². The van der Waals surface area contributed by atoms with Gasteiger partial charge in [-0.3, -0.25) is 4.98 Å². The number of aromatic nitrogens is 1. The number of para-hydroxylation sites is 1. The highest BCUT2D eigenvalue weighted by Gasteiger charge is 2.25. The van der Waals surface area contributed by atoms with Gasteiger partial charge in [-0.2, -0.15) is 0 Å². The molecule has 140 valence electrons. The van der Waals surface area contributed by atoms with Crippen molar-refractivity contribution < 1.29 is 0 Å². The zero-order chi connectivity index (χ0) is 18.6. The summed E-state index contributed by atoms with van der Waals surface area (Å²) >= 11 is 0. The molecule has 0 amide bonds. The maximum atomic E-state index is 4.71. The minimum atomic E-state index is 0.673. The summed E-state index contributed by atoms with van der Waals surface area (Å²) in [6.45, 7) is 7.03. The fourth-order valence-electron chi connectivity index (χ4n) is 4.62. The number of rotatable bonds is 6. The summed E-state index contributed by atoms with van der Waals surface area (Å²) in [5.74, 6) is 0. The van der Waals surface area contributed by atoms with E-state index in [1.54, 1.807) is 5.56 Å². The van der Waals surface area contributed by atoms with Crippen molar-refractivity contribution >= 4 is 10.9 Å². The number of pyridine rings is 1. The molecular formula is C25H30N2. The number of nitrogens with zero attached hydrogens (tertiary/aromatic N) is 2. The van der Waals surface area contributed by atoms with Crippen molar-refractivity contribution in [2.75, 3.05) is 13.1 Å². The molecule has 3 aromatic rings. The molecule has 0 radical (unpaired) electrons. The number of benzene rings is 2.